The largest absolute Gasteiger partial charge is 0.366 e. The van der Waals surface area contributed by atoms with Crippen molar-refractivity contribution in [1.82, 2.24) is 4.90 Å². The second kappa shape index (κ2) is 6.20. The molecular weight excluding hydrogens is 332 g/mol. The Morgan fingerprint density at radius 1 is 1.04 bits per heavy atom. The van der Waals surface area contributed by atoms with Crippen molar-refractivity contribution in [3.8, 4) is 0 Å². The normalized spacial score (nSPS) is 29.5. The maximum absolute atomic E-state index is 11.9. The summed E-state index contributed by atoms with van der Waals surface area (Å²) in [5.74, 6) is 1.82. The fourth-order valence-corrected chi connectivity index (χ4v) is 6.33. The Balaban J connectivity index is 1.28. The molecule has 3 aliphatic rings. The minimum atomic E-state index is -0.288. The number of carbonyl (C=O) groups excluding carboxylic acids is 1. The second-order valence-electron chi connectivity index (χ2n) is 8.78. The van der Waals surface area contributed by atoms with Crippen molar-refractivity contribution in [1.29, 1.82) is 0 Å². The van der Waals surface area contributed by atoms with Crippen LogP contribution in [0.3, 0.4) is 0 Å². The molecule has 0 radical (unpaired) electrons. The van der Waals surface area contributed by atoms with E-state index in [0.29, 0.717) is 11.8 Å². The molecule has 5 rings (SSSR count). The van der Waals surface area contributed by atoms with E-state index in [-0.39, 0.29) is 11.3 Å². The van der Waals surface area contributed by atoms with Gasteiger partial charge in [-0.2, -0.15) is 0 Å². The number of hydrogen-bond acceptors (Lipinski definition) is 2. The minimum absolute atomic E-state index is 0.167. The Morgan fingerprint density at radius 2 is 1.63 bits per heavy atom. The van der Waals surface area contributed by atoms with Crippen LogP contribution in [0.4, 0.5) is 0 Å². The van der Waals surface area contributed by atoms with E-state index in [9.17, 15) is 4.79 Å². The maximum Gasteiger partial charge on any atom is 0.248 e. The van der Waals surface area contributed by atoms with Crippen LogP contribution in [0, 0.1) is 17.8 Å². The van der Waals surface area contributed by atoms with Crippen molar-refractivity contribution < 1.29 is 4.79 Å². The van der Waals surface area contributed by atoms with Crippen LogP contribution in [-0.4, -0.2) is 30.4 Å². The monoisotopic (exact) mass is 360 g/mol. The summed E-state index contributed by atoms with van der Waals surface area (Å²) in [4.78, 5) is 14.6. The van der Waals surface area contributed by atoms with Gasteiger partial charge in [0.25, 0.3) is 0 Å². The molecule has 2 aromatic rings. The van der Waals surface area contributed by atoms with E-state index in [1.165, 1.54) is 38.0 Å². The molecule has 2 fully saturated rings. The Morgan fingerprint density at radius 3 is 2.22 bits per heavy atom. The molecule has 140 valence electrons. The number of benzene rings is 2. The minimum Gasteiger partial charge on any atom is -0.366 e. The summed E-state index contributed by atoms with van der Waals surface area (Å²) in [5, 5.41) is 0. The SMILES string of the molecule is CCC1(c2ccccc2C(N)=O)C2CN(CC3Cc4ccccc4C3)CC21. The smallest absolute Gasteiger partial charge is 0.248 e. The Bertz CT molecular complexity index is 852. The Hall–Kier alpha value is -2.13. The van der Waals surface area contributed by atoms with Gasteiger partial charge in [-0.25, -0.2) is 0 Å². The van der Waals surface area contributed by atoms with E-state index in [0.717, 1.165) is 17.9 Å². The molecule has 2 N–H and O–H groups in total. The van der Waals surface area contributed by atoms with Crippen molar-refractivity contribution in [2.75, 3.05) is 19.6 Å². The molecule has 2 unspecified atom stereocenters. The lowest BCUT2D eigenvalue weighted by atomic mass is 9.84. The summed E-state index contributed by atoms with van der Waals surface area (Å²) < 4.78 is 0. The number of carbonyl (C=O) groups is 1. The first-order chi connectivity index (χ1) is 13.1. The second-order valence-corrected chi connectivity index (χ2v) is 8.78. The topological polar surface area (TPSA) is 46.3 Å². The molecule has 1 amide bonds. The molecule has 27 heavy (non-hydrogen) atoms. The molecule has 2 atom stereocenters. The zero-order valence-corrected chi connectivity index (χ0v) is 16.0. The third-order valence-electron chi connectivity index (χ3n) is 7.54. The fourth-order valence-electron chi connectivity index (χ4n) is 6.33. The molecule has 1 heterocycles. The van der Waals surface area contributed by atoms with Crippen LogP contribution in [0.25, 0.3) is 0 Å². The standard InChI is InChI=1S/C24H28N2O/c1-2-24(20-10-6-5-9-19(20)23(25)27)21-14-26(15-22(21)24)13-16-11-17-7-3-4-8-18(17)12-16/h3-10,16,21-22H,2,11-15H2,1H3,(H2,25,27). The van der Waals surface area contributed by atoms with Crippen LogP contribution in [0.5, 0.6) is 0 Å². The number of amides is 1. The van der Waals surface area contributed by atoms with Crippen LogP contribution in [0.1, 0.15) is 40.4 Å². The summed E-state index contributed by atoms with van der Waals surface area (Å²) in [7, 11) is 0. The average Bonchev–Trinajstić information content (AvgIpc) is 3.00. The number of likely N-dealkylation sites (tertiary alicyclic amines) is 1. The lowest BCUT2D eigenvalue weighted by Crippen LogP contribution is -2.35. The lowest BCUT2D eigenvalue weighted by Gasteiger charge is -2.29. The van der Waals surface area contributed by atoms with E-state index in [1.54, 1.807) is 11.1 Å². The Kier molecular flexibility index (Phi) is 3.90. The van der Waals surface area contributed by atoms with Crippen molar-refractivity contribution in [3.05, 3.63) is 70.8 Å². The number of rotatable bonds is 5. The number of nitrogens with zero attached hydrogens (tertiary/aromatic N) is 1. The number of primary amides is 1. The first kappa shape index (κ1) is 17.0. The third-order valence-corrected chi connectivity index (χ3v) is 7.54. The summed E-state index contributed by atoms with van der Waals surface area (Å²) in [6.45, 7) is 5.81. The molecule has 0 aromatic heterocycles. The lowest BCUT2D eigenvalue weighted by molar-refractivity contribution is 0.0998. The summed E-state index contributed by atoms with van der Waals surface area (Å²) >= 11 is 0. The molecule has 2 aromatic carbocycles. The van der Waals surface area contributed by atoms with Gasteiger partial charge in [-0.1, -0.05) is 49.4 Å². The highest BCUT2D eigenvalue weighted by atomic mass is 16.1. The first-order valence-corrected chi connectivity index (χ1v) is 10.3. The predicted molar refractivity (Wildman–Crippen MR) is 108 cm³/mol. The van der Waals surface area contributed by atoms with E-state index in [2.05, 4.69) is 48.2 Å². The van der Waals surface area contributed by atoms with E-state index >= 15 is 0 Å². The van der Waals surface area contributed by atoms with E-state index < -0.39 is 0 Å². The Labute approximate surface area is 161 Å². The van der Waals surface area contributed by atoms with Crippen molar-refractivity contribution in [3.63, 3.8) is 0 Å². The number of piperidine rings is 1. The van der Waals surface area contributed by atoms with Crippen molar-refractivity contribution >= 4 is 5.91 Å². The molecule has 2 aliphatic carbocycles. The average molecular weight is 361 g/mol. The van der Waals surface area contributed by atoms with Gasteiger partial charge in [0.05, 0.1) is 0 Å². The molecule has 3 heteroatoms. The molecule has 1 saturated heterocycles. The number of nitrogens with two attached hydrogens (primary N) is 1. The fraction of sp³-hybridized carbons (Fsp3) is 0.458. The van der Waals surface area contributed by atoms with Gasteiger partial charge in [0.15, 0.2) is 0 Å². The zero-order chi connectivity index (χ0) is 18.6. The van der Waals surface area contributed by atoms with Crippen molar-refractivity contribution in [2.45, 2.75) is 31.6 Å². The van der Waals surface area contributed by atoms with Gasteiger partial charge in [0, 0.05) is 30.6 Å². The molecule has 1 saturated carbocycles. The van der Waals surface area contributed by atoms with Crippen molar-refractivity contribution in [2.24, 2.45) is 23.5 Å². The number of hydrogen-bond donors (Lipinski definition) is 1. The molecule has 0 spiro atoms. The summed E-state index contributed by atoms with van der Waals surface area (Å²) in [6.07, 6.45) is 3.55. The highest BCUT2D eigenvalue weighted by Crippen LogP contribution is 2.66. The first-order valence-electron chi connectivity index (χ1n) is 10.3. The van der Waals surface area contributed by atoms with Gasteiger partial charge in [-0.05, 0) is 59.8 Å². The van der Waals surface area contributed by atoms with Gasteiger partial charge < -0.3 is 10.6 Å². The molecule has 1 aliphatic heterocycles. The highest BCUT2D eigenvalue weighted by Gasteiger charge is 2.67. The van der Waals surface area contributed by atoms with E-state index in [4.69, 9.17) is 5.73 Å². The zero-order valence-electron chi connectivity index (χ0n) is 16.0. The van der Waals surface area contributed by atoms with Gasteiger partial charge in [-0.3, -0.25) is 4.79 Å². The van der Waals surface area contributed by atoms with Crippen LogP contribution < -0.4 is 5.73 Å². The molecule has 3 nitrogen and oxygen atoms in total. The van der Waals surface area contributed by atoms with Gasteiger partial charge >= 0.3 is 0 Å². The third kappa shape index (κ3) is 2.55. The van der Waals surface area contributed by atoms with Crippen LogP contribution in [-0.2, 0) is 18.3 Å². The predicted octanol–water partition coefficient (Wildman–Crippen LogP) is 3.41. The number of fused-ring (bicyclic) bond motifs is 2. The van der Waals surface area contributed by atoms with E-state index in [1.807, 2.05) is 12.1 Å². The quantitative estimate of drug-likeness (QED) is 0.888. The maximum atomic E-state index is 11.9. The summed E-state index contributed by atoms with van der Waals surface area (Å²) in [5.41, 5.74) is 10.9. The highest BCUT2D eigenvalue weighted by molar-refractivity contribution is 5.95. The van der Waals surface area contributed by atoms with Crippen LogP contribution in [0.2, 0.25) is 0 Å². The molecular formula is C24H28N2O. The van der Waals surface area contributed by atoms with Gasteiger partial charge in [0.1, 0.15) is 0 Å². The summed E-state index contributed by atoms with van der Waals surface area (Å²) in [6, 6.07) is 16.9. The molecule has 0 bridgehead atoms. The van der Waals surface area contributed by atoms with Crippen LogP contribution >= 0.6 is 0 Å². The van der Waals surface area contributed by atoms with Gasteiger partial charge in [0.2, 0.25) is 5.91 Å². The van der Waals surface area contributed by atoms with Crippen LogP contribution in [0.15, 0.2) is 48.5 Å². The van der Waals surface area contributed by atoms with Gasteiger partial charge in [-0.15, -0.1) is 0 Å².